The monoisotopic (exact) mass is 516 g/mol. The highest BCUT2D eigenvalue weighted by atomic mass is 35.5. The molecule has 0 aromatic heterocycles. The van der Waals surface area contributed by atoms with E-state index in [0.717, 1.165) is 15.4 Å². The fraction of sp³-hybridized carbons (Fsp3) is 0.103. The molecule has 4 nitrogen and oxygen atoms in total. The van der Waals surface area contributed by atoms with E-state index < -0.39 is 5.82 Å². The highest BCUT2D eigenvalue weighted by Crippen LogP contribution is 2.42. The van der Waals surface area contributed by atoms with Crippen molar-refractivity contribution in [1.82, 2.24) is 5.32 Å². The third-order valence-electron chi connectivity index (χ3n) is 6.12. The molecule has 0 aliphatic carbocycles. The highest BCUT2D eigenvalue weighted by molar-refractivity contribution is 7.99. The van der Waals surface area contributed by atoms with Gasteiger partial charge in [0.25, 0.3) is 11.8 Å². The number of nitrogens with zero attached hydrogens (tertiary/aromatic N) is 1. The van der Waals surface area contributed by atoms with Crippen molar-refractivity contribution in [3.05, 3.63) is 124 Å². The first kappa shape index (κ1) is 24.1. The van der Waals surface area contributed by atoms with E-state index in [9.17, 15) is 14.0 Å². The van der Waals surface area contributed by atoms with Gasteiger partial charge in [0.05, 0.1) is 23.8 Å². The SMILES string of the molecule is CC(NC(=O)c1ccc2c(c1)N(Cc1c(F)cccc1Cl)C(=O)c1ccccc1S2)c1ccccc1. The van der Waals surface area contributed by atoms with Crippen LogP contribution in [-0.2, 0) is 6.54 Å². The average molecular weight is 517 g/mol. The summed E-state index contributed by atoms with van der Waals surface area (Å²) >= 11 is 7.75. The van der Waals surface area contributed by atoms with Gasteiger partial charge in [-0.1, -0.05) is 71.9 Å². The van der Waals surface area contributed by atoms with E-state index in [0.29, 0.717) is 16.8 Å². The lowest BCUT2D eigenvalue weighted by molar-refractivity contribution is 0.0937. The van der Waals surface area contributed by atoms with Crippen LogP contribution in [-0.4, -0.2) is 11.8 Å². The lowest BCUT2D eigenvalue weighted by Crippen LogP contribution is -2.31. The van der Waals surface area contributed by atoms with E-state index in [2.05, 4.69) is 5.32 Å². The molecular weight excluding hydrogens is 495 g/mol. The third kappa shape index (κ3) is 4.74. The number of rotatable bonds is 5. The van der Waals surface area contributed by atoms with Crippen molar-refractivity contribution in [1.29, 1.82) is 0 Å². The largest absolute Gasteiger partial charge is 0.346 e. The van der Waals surface area contributed by atoms with E-state index in [1.54, 1.807) is 30.3 Å². The minimum atomic E-state index is -0.493. The van der Waals surface area contributed by atoms with Crippen molar-refractivity contribution in [2.24, 2.45) is 0 Å². The molecule has 4 aromatic rings. The van der Waals surface area contributed by atoms with Gasteiger partial charge in [0, 0.05) is 25.9 Å². The Morgan fingerprint density at radius 3 is 2.50 bits per heavy atom. The summed E-state index contributed by atoms with van der Waals surface area (Å²) in [5.41, 5.74) is 2.64. The summed E-state index contributed by atoms with van der Waals surface area (Å²) in [6, 6.07) is 26.5. The molecule has 1 N–H and O–H groups in total. The van der Waals surface area contributed by atoms with E-state index >= 15 is 0 Å². The Hall–Kier alpha value is -3.61. The lowest BCUT2D eigenvalue weighted by atomic mass is 10.1. The fourth-order valence-corrected chi connectivity index (χ4v) is 5.45. The number of hydrogen-bond acceptors (Lipinski definition) is 3. The van der Waals surface area contributed by atoms with Gasteiger partial charge in [-0.2, -0.15) is 0 Å². The summed E-state index contributed by atoms with van der Waals surface area (Å²) in [6.45, 7) is 1.84. The van der Waals surface area contributed by atoms with Crippen molar-refractivity contribution in [3.8, 4) is 0 Å². The number of nitrogens with one attached hydrogen (secondary N) is 1. The third-order valence-corrected chi connectivity index (χ3v) is 7.61. The Morgan fingerprint density at radius 2 is 1.72 bits per heavy atom. The maximum absolute atomic E-state index is 14.7. The Morgan fingerprint density at radius 1 is 0.972 bits per heavy atom. The standard InChI is InChI=1S/C29H22ClFN2O2S/c1-18(19-8-3-2-4-9-19)32-28(34)20-14-15-27-25(16-20)33(17-22-23(30)11-7-12-24(22)31)29(35)21-10-5-6-13-26(21)36-27/h2-16,18H,17H2,1H3,(H,32,34). The van der Waals surface area contributed by atoms with Crippen LogP contribution in [0.2, 0.25) is 5.02 Å². The molecule has 4 aromatic carbocycles. The molecule has 0 radical (unpaired) electrons. The van der Waals surface area contributed by atoms with Crippen LogP contribution in [0.25, 0.3) is 0 Å². The van der Waals surface area contributed by atoms with Crippen LogP contribution < -0.4 is 10.2 Å². The second kappa shape index (κ2) is 10.2. The number of carbonyl (C=O) groups is 2. The maximum atomic E-state index is 14.7. The number of hydrogen-bond donors (Lipinski definition) is 1. The first-order valence-corrected chi connectivity index (χ1v) is 12.6. The zero-order chi connectivity index (χ0) is 25.2. The predicted octanol–water partition coefficient (Wildman–Crippen LogP) is 7.28. The van der Waals surface area contributed by atoms with Gasteiger partial charge in [0.15, 0.2) is 0 Å². The molecule has 0 fully saturated rings. The maximum Gasteiger partial charge on any atom is 0.259 e. The molecular formula is C29H22ClFN2O2S. The molecule has 0 spiro atoms. The number of carbonyl (C=O) groups excluding carboxylic acids is 2. The van der Waals surface area contributed by atoms with Crippen LogP contribution in [0, 0.1) is 5.82 Å². The molecule has 0 saturated heterocycles. The van der Waals surface area contributed by atoms with Crippen LogP contribution in [0.3, 0.4) is 0 Å². The van der Waals surface area contributed by atoms with Crippen molar-refractivity contribution in [2.75, 3.05) is 4.90 Å². The minimum Gasteiger partial charge on any atom is -0.346 e. The smallest absolute Gasteiger partial charge is 0.259 e. The first-order valence-electron chi connectivity index (χ1n) is 11.4. The molecule has 180 valence electrons. The summed E-state index contributed by atoms with van der Waals surface area (Å²) in [7, 11) is 0. The average Bonchev–Trinajstić information content (AvgIpc) is 3.00. The highest BCUT2D eigenvalue weighted by Gasteiger charge is 2.29. The van der Waals surface area contributed by atoms with Crippen molar-refractivity contribution < 1.29 is 14.0 Å². The normalized spacial score (nSPS) is 13.4. The molecule has 0 bridgehead atoms. The first-order chi connectivity index (χ1) is 17.4. The molecule has 0 saturated carbocycles. The summed E-state index contributed by atoms with van der Waals surface area (Å²) in [5, 5.41) is 3.25. The van der Waals surface area contributed by atoms with Crippen LogP contribution in [0.5, 0.6) is 0 Å². The number of amides is 2. The van der Waals surface area contributed by atoms with Gasteiger partial charge < -0.3 is 10.2 Å². The predicted molar refractivity (Wildman–Crippen MR) is 141 cm³/mol. The van der Waals surface area contributed by atoms with E-state index in [-0.39, 0.29) is 35.0 Å². The van der Waals surface area contributed by atoms with Gasteiger partial charge in [0.2, 0.25) is 0 Å². The van der Waals surface area contributed by atoms with Crippen LogP contribution in [0.15, 0.2) is 101 Å². The zero-order valence-corrected chi connectivity index (χ0v) is 20.9. The second-order valence-corrected chi connectivity index (χ2v) is 9.97. The van der Waals surface area contributed by atoms with Gasteiger partial charge in [0.1, 0.15) is 5.82 Å². The summed E-state index contributed by atoms with van der Waals surface area (Å²) < 4.78 is 14.7. The van der Waals surface area contributed by atoms with Crippen LogP contribution in [0.4, 0.5) is 10.1 Å². The topological polar surface area (TPSA) is 49.4 Å². The lowest BCUT2D eigenvalue weighted by Gasteiger charge is -2.24. The fourth-order valence-electron chi connectivity index (χ4n) is 4.16. The van der Waals surface area contributed by atoms with Crippen molar-refractivity contribution in [3.63, 3.8) is 0 Å². The minimum absolute atomic E-state index is 0.0717. The van der Waals surface area contributed by atoms with Crippen molar-refractivity contribution >= 4 is 40.9 Å². The van der Waals surface area contributed by atoms with Gasteiger partial charge >= 0.3 is 0 Å². The summed E-state index contributed by atoms with van der Waals surface area (Å²) in [4.78, 5) is 30.0. The molecule has 1 unspecified atom stereocenters. The van der Waals surface area contributed by atoms with Gasteiger partial charge in [-0.15, -0.1) is 0 Å². The Balaban J connectivity index is 1.54. The number of fused-ring (bicyclic) bond motifs is 2. The molecule has 1 atom stereocenters. The molecule has 1 heterocycles. The van der Waals surface area contributed by atoms with Gasteiger partial charge in [-0.25, -0.2) is 4.39 Å². The van der Waals surface area contributed by atoms with E-state index in [1.165, 1.54) is 28.8 Å². The van der Waals surface area contributed by atoms with Crippen LogP contribution in [0.1, 0.15) is 44.8 Å². The van der Waals surface area contributed by atoms with Gasteiger partial charge in [-0.3, -0.25) is 9.59 Å². The molecule has 1 aliphatic heterocycles. The molecule has 7 heteroatoms. The Bertz CT molecular complexity index is 1440. The zero-order valence-electron chi connectivity index (χ0n) is 19.4. The molecule has 36 heavy (non-hydrogen) atoms. The molecule has 1 aliphatic rings. The quantitative estimate of drug-likeness (QED) is 0.303. The number of benzene rings is 4. The van der Waals surface area contributed by atoms with Gasteiger partial charge in [-0.05, 0) is 55.0 Å². The molecule has 5 rings (SSSR count). The van der Waals surface area contributed by atoms with E-state index in [4.69, 9.17) is 11.6 Å². The molecule has 2 amide bonds. The second-order valence-electron chi connectivity index (χ2n) is 8.48. The van der Waals surface area contributed by atoms with Crippen LogP contribution >= 0.6 is 23.4 Å². The number of halogens is 2. The summed E-state index contributed by atoms with van der Waals surface area (Å²) in [6.07, 6.45) is 0. The Kier molecular flexibility index (Phi) is 6.81. The van der Waals surface area contributed by atoms with E-state index in [1.807, 2.05) is 55.5 Å². The summed E-state index contributed by atoms with van der Waals surface area (Å²) in [5.74, 6) is -1.05. The Labute approximate surface area is 218 Å². The number of anilines is 1. The van der Waals surface area contributed by atoms with Crippen molar-refractivity contribution in [2.45, 2.75) is 29.3 Å².